The van der Waals surface area contributed by atoms with Crippen LogP contribution in [0.2, 0.25) is 0 Å². The van der Waals surface area contributed by atoms with Gasteiger partial charge in [0.25, 0.3) is 0 Å². The van der Waals surface area contributed by atoms with E-state index < -0.39 is 0 Å². The summed E-state index contributed by atoms with van der Waals surface area (Å²) in [5.74, 6) is 0.430. The summed E-state index contributed by atoms with van der Waals surface area (Å²) in [6, 6.07) is 0.155. The molecule has 0 radical (unpaired) electrons. The Balaban J connectivity index is 0.00000289. The summed E-state index contributed by atoms with van der Waals surface area (Å²) in [6.07, 6.45) is 0. The van der Waals surface area contributed by atoms with Crippen LogP contribution in [0.4, 0.5) is 0 Å². The van der Waals surface area contributed by atoms with Crippen molar-refractivity contribution in [3.8, 4) is 0 Å². The van der Waals surface area contributed by atoms with Gasteiger partial charge >= 0.3 is 0 Å². The number of nitrogens with zero attached hydrogens (tertiary/aromatic N) is 2. The van der Waals surface area contributed by atoms with Crippen molar-refractivity contribution in [3.05, 3.63) is 15.6 Å². The Bertz CT molecular complexity index is 394. The number of ether oxygens (including phenoxy) is 1. The average Bonchev–Trinajstić information content (AvgIpc) is 2.54. The van der Waals surface area contributed by atoms with Gasteiger partial charge in [-0.15, -0.1) is 35.3 Å². The minimum absolute atomic E-state index is 0. The Labute approximate surface area is 129 Å². The number of methoxy groups -OCH3 is 1. The molecule has 0 spiro atoms. The van der Waals surface area contributed by atoms with Crippen molar-refractivity contribution in [3.63, 3.8) is 0 Å². The van der Waals surface area contributed by atoms with Gasteiger partial charge in [0.2, 0.25) is 0 Å². The summed E-state index contributed by atoms with van der Waals surface area (Å²) in [5.41, 5.74) is 6.77. The number of aromatic nitrogens is 1. The van der Waals surface area contributed by atoms with E-state index in [0.717, 1.165) is 10.7 Å². The van der Waals surface area contributed by atoms with Crippen molar-refractivity contribution in [2.75, 3.05) is 13.7 Å². The van der Waals surface area contributed by atoms with Crippen LogP contribution in [0.15, 0.2) is 4.99 Å². The van der Waals surface area contributed by atoms with Gasteiger partial charge in [-0.05, 0) is 20.8 Å². The molecule has 0 amide bonds. The number of hydrogen-bond acceptors (Lipinski definition) is 4. The summed E-state index contributed by atoms with van der Waals surface area (Å²) < 4.78 is 5.01. The molecule has 1 rings (SSSR count). The van der Waals surface area contributed by atoms with Gasteiger partial charge in [0.15, 0.2) is 5.96 Å². The van der Waals surface area contributed by atoms with Crippen LogP contribution < -0.4 is 11.1 Å². The monoisotopic (exact) mass is 384 g/mol. The number of nitrogens with one attached hydrogen (secondary N) is 1. The van der Waals surface area contributed by atoms with Gasteiger partial charge < -0.3 is 15.8 Å². The molecule has 5 nitrogen and oxygen atoms in total. The second kappa shape index (κ2) is 8.65. The van der Waals surface area contributed by atoms with Gasteiger partial charge in [-0.2, -0.15) is 0 Å². The number of halogens is 1. The van der Waals surface area contributed by atoms with E-state index in [2.05, 4.69) is 15.3 Å². The van der Waals surface area contributed by atoms with E-state index in [1.54, 1.807) is 18.4 Å². The minimum atomic E-state index is 0. The molecule has 0 aliphatic heterocycles. The lowest BCUT2D eigenvalue weighted by Crippen LogP contribution is -2.40. The molecule has 0 aromatic carbocycles. The first-order valence-corrected chi connectivity index (χ1v) is 6.33. The highest BCUT2D eigenvalue weighted by Gasteiger charge is 2.05. The molecule has 18 heavy (non-hydrogen) atoms. The first-order valence-electron chi connectivity index (χ1n) is 5.51. The van der Waals surface area contributed by atoms with Crippen LogP contribution in [0.1, 0.15) is 22.5 Å². The minimum Gasteiger partial charge on any atom is -0.383 e. The molecule has 1 aromatic heterocycles. The van der Waals surface area contributed by atoms with E-state index in [1.165, 1.54) is 4.88 Å². The Kier molecular flexibility index (Phi) is 8.45. The van der Waals surface area contributed by atoms with Gasteiger partial charge in [0, 0.05) is 18.0 Å². The fourth-order valence-electron chi connectivity index (χ4n) is 1.47. The lowest BCUT2D eigenvalue weighted by molar-refractivity contribution is 0.179. The third-order valence-electron chi connectivity index (χ3n) is 2.21. The van der Waals surface area contributed by atoms with Crippen LogP contribution in [-0.4, -0.2) is 30.7 Å². The highest BCUT2D eigenvalue weighted by molar-refractivity contribution is 14.0. The molecular formula is C11H21IN4OS. The highest BCUT2D eigenvalue weighted by Crippen LogP contribution is 2.16. The smallest absolute Gasteiger partial charge is 0.189 e. The molecule has 0 aliphatic carbocycles. The largest absolute Gasteiger partial charge is 0.383 e. The molecule has 104 valence electrons. The molecule has 1 atom stereocenters. The Morgan fingerprint density at radius 1 is 1.56 bits per heavy atom. The van der Waals surface area contributed by atoms with Crippen molar-refractivity contribution >= 4 is 41.3 Å². The molecule has 1 aromatic rings. The standard InChI is InChI=1S/C11H20N4OS.HI/c1-7(6-16-4)14-11(12)13-5-10-8(2)17-9(3)15-10;/h7H,5-6H2,1-4H3,(H3,12,13,14);1H. The highest BCUT2D eigenvalue weighted by atomic mass is 127. The number of hydrogen-bond donors (Lipinski definition) is 2. The average molecular weight is 384 g/mol. The number of thiazole rings is 1. The second-order valence-corrected chi connectivity index (χ2v) is 5.35. The topological polar surface area (TPSA) is 72.5 Å². The SMILES string of the molecule is COCC(C)NC(N)=NCc1nc(C)sc1C.I. The fraction of sp³-hybridized carbons (Fsp3) is 0.636. The number of guanidine groups is 1. The summed E-state index contributed by atoms with van der Waals surface area (Å²) >= 11 is 1.68. The normalized spacial score (nSPS) is 13.0. The lowest BCUT2D eigenvalue weighted by Gasteiger charge is -2.12. The number of nitrogens with two attached hydrogens (primary N) is 1. The summed E-state index contributed by atoms with van der Waals surface area (Å²) in [4.78, 5) is 9.86. The van der Waals surface area contributed by atoms with Gasteiger partial charge in [-0.3, -0.25) is 0 Å². The Hall–Kier alpha value is -0.410. The number of aryl methyl sites for hydroxylation is 2. The fourth-order valence-corrected chi connectivity index (χ4v) is 2.30. The molecule has 3 N–H and O–H groups in total. The van der Waals surface area contributed by atoms with E-state index in [9.17, 15) is 0 Å². The van der Waals surface area contributed by atoms with Crippen LogP contribution in [-0.2, 0) is 11.3 Å². The molecule has 1 unspecified atom stereocenters. The van der Waals surface area contributed by atoms with Crippen LogP contribution >= 0.6 is 35.3 Å². The van der Waals surface area contributed by atoms with Crippen LogP contribution in [0.3, 0.4) is 0 Å². The first-order chi connectivity index (χ1) is 8.02. The van der Waals surface area contributed by atoms with Crippen LogP contribution in [0.5, 0.6) is 0 Å². The van der Waals surface area contributed by atoms with Crippen molar-refractivity contribution in [2.45, 2.75) is 33.4 Å². The van der Waals surface area contributed by atoms with Gasteiger partial charge in [-0.25, -0.2) is 9.98 Å². The van der Waals surface area contributed by atoms with Crippen LogP contribution in [0, 0.1) is 13.8 Å². The molecule has 7 heteroatoms. The van der Waals surface area contributed by atoms with E-state index in [1.807, 2.05) is 20.8 Å². The molecular weight excluding hydrogens is 363 g/mol. The molecule has 1 heterocycles. The second-order valence-electron chi connectivity index (χ2n) is 3.94. The van der Waals surface area contributed by atoms with Crippen molar-refractivity contribution in [1.82, 2.24) is 10.3 Å². The van der Waals surface area contributed by atoms with E-state index in [-0.39, 0.29) is 30.0 Å². The van der Waals surface area contributed by atoms with E-state index in [0.29, 0.717) is 19.1 Å². The summed E-state index contributed by atoms with van der Waals surface area (Å²) in [6.45, 7) is 7.16. The Morgan fingerprint density at radius 3 is 2.72 bits per heavy atom. The molecule has 0 aliphatic rings. The first kappa shape index (κ1) is 17.6. The van der Waals surface area contributed by atoms with Crippen molar-refractivity contribution in [1.29, 1.82) is 0 Å². The maximum Gasteiger partial charge on any atom is 0.189 e. The maximum atomic E-state index is 5.77. The Morgan fingerprint density at radius 2 is 2.22 bits per heavy atom. The molecule has 0 saturated carbocycles. The van der Waals surface area contributed by atoms with Crippen LogP contribution in [0.25, 0.3) is 0 Å². The predicted molar refractivity (Wildman–Crippen MR) is 86.8 cm³/mol. The lowest BCUT2D eigenvalue weighted by atomic mass is 10.3. The zero-order valence-corrected chi connectivity index (χ0v) is 14.3. The van der Waals surface area contributed by atoms with Gasteiger partial charge in [0.05, 0.1) is 23.9 Å². The zero-order valence-electron chi connectivity index (χ0n) is 11.2. The maximum absolute atomic E-state index is 5.77. The number of rotatable bonds is 5. The van der Waals surface area contributed by atoms with Gasteiger partial charge in [0.1, 0.15) is 0 Å². The van der Waals surface area contributed by atoms with Crippen molar-refractivity contribution in [2.24, 2.45) is 10.7 Å². The summed E-state index contributed by atoms with van der Waals surface area (Å²) in [7, 11) is 1.66. The van der Waals surface area contributed by atoms with E-state index in [4.69, 9.17) is 10.5 Å². The van der Waals surface area contributed by atoms with E-state index >= 15 is 0 Å². The van der Waals surface area contributed by atoms with Crippen molar-refractivity contribution < 1.29 is 4.74 Å². The quantitative estimate of drug-likeness (QED) is 0.462. The number of aliphatic imine (C=N–C) groups is 1. The molecule has 0 saturated heterocycles. The predicted octanol–water partition coefficient (Wildman–Crippen LogP) is 1.82. The third-order valence-corrected chi connectivity index (χ3v) is 3.14. The third kappa shape index (κ3) is 5.96. The zero-order chi connectivity index (χ0) is 12.8. The molecule has 0 fully saturated rings. The summed E-state index contributed by atoms with van der Waals surface area (Å²) in [5, 5.41) is 4.12. The van der Waals surface area contributed by atoms with Gasteiger partial charge in [-0.1, -0.05) is 0 Å². The molecule has 0 bridgehead atoms.